The second-order valence-electron chi connectivity index (χ2n) is 4.89. The van der Waals surface area contributed by atoms with Gasteiger partial charge in [-0.2, -0.15) is 0 Å². The van der Waals surface area contributed by atoms with E-state index in [-0.39, 0.29) is 11.7 Å². The number of thioether (sulfide) groups is 1. The highest BCUT2D eigenvalue weighted by molar-refractivity contribution is 14.1. The smallest absolute Gasteiger partial charge is 0.264 e. The van der Waals surface area contributed by atoms with Crippen molar-refractivity contribution in [1.29, 1.82) is 0 Å². The number of nitrogens with zero attached hydrogens (tertiary/aromatic N) is 1. The van der Waals surface area contributed by atoms with Crippen LogP contribution in [0.4, 0.5) is 5.69 Å². The molecule has 5 nitrogen and oxygen atoms in total. The molecule has 0 aromatic heterocycles. The molecule has 2 aromatic rings. The van der Waals surface area contributed by atoms with Gasteiger partial charge in [-0.1, -0.05) is 6.07 Å². The normalized spacial score (nSPS) is 17.3. The van der Waals surface area contributed by atoms with Crippen LogP contribution in [0.5, 0.6) is 11.5 Å². The van der Waals surface area contributed by atoms with Gasteiger partial charge in [-0.3, -0.25) is 4.79 Å². The summed E-state index contributed by atoms with van der Waals surface area (Å²) in [5.41, 5.74) is 1.58. The quantitative estimate of drug-likeness (QED) is 0.548. The van der Waals surface area contributed by atoms with Gasteiger partial charge in [0.2, 0.25) is 0 Å². The molecule has 0 unspecified atom stereocenters. The van der Waals surface area contributed by atoms with Crippen LogP contribution in [-0.4, -0.2) is 23.3 Å². The summed E-state index contributed by atoms with van der Waals surface area (Å²) < 4.78 is 5.84. The first-order chi connectivity index (χ1) is 11.5. The van der Waals surface area contributed by atoms with Gasteiger partial charge in [-0.15, -0.1) is 0 Å². The average Bonchev–Trinajstić information content (AvgIpc) is 2.91. The molecule has 0 saturated carbocycles. The number of rotatable bonds is 3. The van der Waals surface area contributed by atoms with Crippen LogP contribution in [0.3, 0.4) is 0 Å². The summed E-state index contributed by atoms with van der Waals surface area (Å²) in [5.74, 6) is 0.794. The number of benzene rings is 2. The maximum Gasteiger partial charge on any atom is 0.264 e. The molecule has 1 heterocycles. The molecule has 2 aromatic carbocycles. The Balaban J connectivity index is 1.80. The summed E-state index contributed by atoms with van der Waals surface area (Å²) in [6.45, 7) is 0. The monoisotopic (exact) mass is 452 g/mol. The highest BCUT2D eigenvalue weighted by Gasteiger charge is 2.23. The maximum absolute atomic E-state index is 12.1. The Bertz CT molecular complexity index is 847. The summed E-state index contributed by atoms with van der Waals surface area (Å²) in [7, 11) is 1.61. The third-order valence-corrected chi connectivity index (χ3v) is 5.00. The summed E-state index contributed by atoms with van der Waals surface area (Å²) in [6.07, 6.45) is 1.78. The lowest BCUT2D eigenvalue weighted by Crippen LogP contribution is -2.19. The number of hydrogen-bond donors (Lipinski definition) is 2. The molecule has 2 N–H and O–H groups in total. The van der Waals surface area contributed by atoms with Crippen molar-refractivity contribution in [3.63, 3.8) is 0 Å². The molecule has 24 heavy (non-hydrogen) atoms. The molecule has 0 radical (unpaired) electrons. The van der Waals surface area contributed by atoms with Gasteiger partial charge in [0.1, 0.15) is 11.5 Å². The van der Waals surface area contributed by atoms with E-state index in [9.17, 15) is 9.90 Å². The molecule has 0 atom stereocenters. The number of carbonyl (C=O) groups is 1. The Morgan fingerprint density at radius 2 is 2.00 bits per heavy atom. The second-order valence-corrected chi connectivity index (χ2v) is 7.08. The van der Waals surface area contributed by atoms with Crippen molar-refractivity contribution in [3.05, 3.63) is 56.5 Å². The lowest BCUT2D eigenvalue weighted by atomic mass is 10.2. The van der Waals surface area contributed by atoms with E-state index >= 15 is 0 Å². The van der Waals surface area contributed by atoms with Crippen molar-refractivity contribution in [2.45, 2.75) is 0 Å². The zero-order valence-electron chi connectivity index (χ0n) is 12.6. The number of amides is 1. The lowest BCUT2D eigenvalue weighted by Gasteiger charge is -2.00. The van der Waals surface area contributed by atoms with Crippen molar-refractivity contribution in [2.75, 3.05) is 7.11 Å². The van der Waals surface area contributed by atoms with Gasteiger partial charge in [-0.25, -0.2) is 4.99 Å². The predicted octanol–water partition coefficient (Wildman–Crippen LogP) is 3.90. The van der Waals surface area contributed by atoms with Gasteiger partial charge >= 0.3 is 0 Å². The molecule has 1 amide bonds. The molecule has 1 fully saturated rings. The zero-order valence-corrected chi connectivity index (χ0v) is 15.6. The number of nitrogens with one attached hydrogen (secondary N) is 1. The van der Waals surface area contributed by atoms with E-state index in [4.69, 9.17) is 4.74 Å². The Labute approximate surface area is 157 Å². The van der Waals surface area contributed by atoms with E-state index in [2.05, 4.69) is 10.3 Å². The highest BCUT2D eigenvalue weighted by Crippen LogP contribution is 2.29. The van der Waals surface area contributed by atoms with E-state index in [1.807, 2.05) is 52.9 Å². The van der Waals surface area contributed by atoms with Crippen LogP contribution >= 0.6 is 34.4 Å². The van der Waals surface area contributed by atoms with Gasteiger partial charge in [0.25, 0.3) is 5.91 Å². The van der Waals surface area contributed by atoms with E-state index in [0.29, 0.717) is 10.1 Å². The number of methoxy groups -OCH3 is 1. The largest absolute Gasteiger partial charge is 0.507 e. The van der Waals surface area contributed by atoms with Gasteiger partial charge in [0, 0.05) is 0 Å². The van der Waals surface area contributed by atoms with E-state index in [1.54, 1.807) is 25.3 Å². The average molecular weight is 452 g/mol. The number of amidine groups is 1. The Morgan fingerprint density at radius 3 is 2.67 bits per heavy atom. The Kier molecular flexibility index (Phi) is 5.10. The van der Waals surface area contributed by atoms with Crippen LogP contribution in [0, 0.1) is 3.57 Å². The van der Waals surface area contributed by atoms with E-state index < -0.39 is 0 Å². The second kappa shape index (κ2) is 7.27. The van der Waals surface area contributed by atoms with Crippen LogP contribution in [0.1, 0.15) is 5.56 Å². The number of aliphatic imine (C=N–C) groups is 1. The summed E-state index contributed by atoms with van der Waals surface area (Å²) in [5, 5.41) is 12.8. The van der Waals surface area contributed by atoms with Gasteiger partial charge in [0.15, 0.2) is 5.17 Å². The molecule has 3 rings (SSSR count). The van der Waals surface area contributed by atoms with Crippen molar-refractivity contribution < 1.29 is 14.6 Å². The number of phenols is 1. The van der Waals surface area contributed by atoms with Gasteiger partial charge < -0.3 is 15.2 Å². The lowest BCUT2D eigenvalue weighted by molar-refractivity contribution is -0.115. The SMILES string of the molecule is COc1ccc(N=C2NC(=O)C(=Cc3ccc(O)c(I)c3)S2)cc1. The molecule has 0 spiro atoms. The third-order valence-electron chi connectivity index (χ3n) is 3.22. The van der Waals surface area contributed by atoms with Crippen LogP contribution in [-0.2, 0) is 4.79 Å². The summed E-state index contributed by atoms with van der Waals surface area (Å²) in [4.78, 5) is 17.1. The molecule has 7 heteroatoms. The van der Waals surface area contributed by atoms with Crippen LogP contribution < -0.4 is 10.1 Å². The van der Waals surface area contributed by atoms with Crippen molar-refractivity contribution in [3.8, 4) is 11.5 Å². The minimum absolute atomic E-state index is 0.185. The minimum atomic E-state index is -0.185. The molecule has 1 saturated heterocycles. The molecule has 0 aliphatic carbocycles. The Morgan fingerprint density at radius 1 is 1.25 bits per heavy atom. The van der Waals surface area contributed by atoms with Crippen LogP contribution in [0.25, 0.3) is 6.08 Å². The topological polar surface area (TPSA) is 70.9 Å². The molecular weight excluding hydrogens is 439 g/mol. The first kappa shape index (κ1) is 16.8. The van der Waals surface area contributed by atoms with Gasteiger partial charge in [0.05, 0.1) is 21.3 Å². The fraction of sp³-hybridized carbons (Fsp3) is 0.0588. The first-order valence-corrected chi connectivity index (χ1v) is 8.87. The molecule has 1 aliphatic heterocycles. The fourth-order valence-electron chi connectivity index (χ4n) is 2.02. The molecule has 0 bridgehead atoms. The highest BCUT2D eigenvalue weighted by atomic mass is 127. The predicted molar refractivity (Wildman–Crippen MR) is 105 cm³/mol. The minimum Gasteiger partial charge on any atom is -0.507 e. The molecule has 122 valence electrons. The Hall–Kier alpha value is -2.00. The van der Waals surface area contributed by atoms with Gasteiger partial charge in [-0.05, 0) is 82.4 Å². The summed E-state index contributed by atoms with van der Waals surface area (Å²) in [6, 6.07) is 12.5. The molecule has 1 aliphatic rings. The first-order valence-electron chi connectivity index (χ1n) is 6.97. The third kappa shape index (κ3) is 3.90. The van der Waals surface area contributed by atoms with Crippen molar-refractivity contribution >= 4 is 57.2 Å². The van der Waals surface area contributed by atoms with Crippen LogP contribution in [0.2, 0.25) is 0 Å². The van der Waals surface area contributed by atoms with Crippen LogP contribution in [0.15, 0.2) is 52.4 Å². The standard InChI is InChI=1S/C17H13IN2O3S/c1-23-12-5-3-11(4-6-12)19-17-20-16(22)15(24-17)9-10-2-7-14(21)13(18)8-10/h2-9,21H,1H3,(H,19,20,22). The number of ether oxygens (including phenoxy) is 1. The summed E-state index contributed by atoms with van der Waals surface area (Å²) >= 11 is 3.33. The maximum atomic E-state index is 12.1. The number of hydrogen-bond acceptors (Lipinski definition) is 5. The van der Waals surface area contributed by atoms with Crippen molar-refractivity contribution in [2.24, 2.45) is 4.99 Å². The fourth-order valence-corrected chi connectivity index (χ4v) is 3.40. The van der Waals surface area contributed by atoms with E-state index in [1.165, 1.54) is 11.8 Å². The number of aromatic hydroxyl groups is 1. The van der Waals surface area contributed by atoms with Crippen molar-refractivity contribution in [1.82, 2.24) is 5.32 Å². The zero-order chi connectivity index (χ0) is 17.1. The number of carbonyl (C=O) groups excluding carboxylic acids is 1. The number of phenolic OH excluding ortho intramolecular Hbond substituents is 1. The molecular formula is C17H13IN2O3S. The number of halogens is 1. The van der Waals surface area contributed by atoms with E-state index in [0.717, 1.165) is 20.6 Å².